The van der Waals surface area contributed by atoms with Crippen molar-refractivity contribution in [3.63, 3.8) is 0 Å². The first kappa shape index (κ1) is 17.3. The fourth-order valence-corrected chi connectivity index (χ4v) is 3.83. The highest BCUT2D eigenvalue weighted by molar-refractivity contribution is 7.89. The van der Waals surface area contributed by atoms with E-state index in [-0.39, 0.29) is 17.2 Å². The van der Waals surface area contributed by atoms with E-state index < -0.39 is 21.5 Å². The number of hydrogen-bond acceptors (Lipinski definition) is 6. The fourth-order valence-electron chi connectivity index (χ4n) is 2.07. The van der Waals surface area contributed by atoms with E-state index in [0.29, 0.717) is 25.9 Å². The van der Waals surface area contributed by atoms with Crippen molar-refractivity contribution in [2.45, 2.75) is 24.8 Å². The number of rotatable bonds is 6. The number of carbonyl (C=O) groups excluding carboxylic acids is 1. The molecule has 0 aromatic heterocycles. The lowest BCUT2D eigenvalue weighted by Crippen LogP contribution is -2.61. The number of nitrogens with one attached hydrogen (secondary N) is 1. The molecule has 0 aliphatic carbocycles. The zero-order valence-electron chi connectivity index (χ0n) is 11.7. The van der Waals surface area contributed by atoms with Crippen molar-refractivity contribution in [1.29, 1.82) is 0 Å². The first-order chi connectivity index (χ1) is 9.21. The van der Waals surface area contributed by atoms with E-state index in [1.807, 2.05) is 7.05 Å². The van der Waals surface area contributed by atoms with Crippen LogP contribution in [-0.2, 0) is 19.6 Å². The molecule has 0 bridgehead atoms. The lowest BCUT2D eigenvalue weighted by Gasteiger charge is -2.40. The highest BCUT2D eigenvalue weighted by Crippen LogP contribution is 2.23. The molecule has 0 unspecified atom stereocenters. The molecule has 0 amide bonds. The van der Waals surface area contributed by atoms with Crippen LogP contribution in [0.4, 0.5) is 0 Å². The van der Waals surface area contributed by atoms with Gasteiger partial charge in [0.15, 0.2) is 0 Å². The molecule has 116 valence electrons. The minimum absolute atomic E-state index is 0.146. The molecule has 1 heterocycles. The van der Waals surface area contributed by atoms with Gasteiger partial charge in [-0.25, -0.2) is 13.1 Å². The molecule has 0 radical (unpaired) electrons. The Labute approximate surface area is 124 Å². The Kier molecular flexibility index (Phi) is 5.87. The molecule has 0 aromatic rings. The molecule has 0 spiro atoms. The van der Waals surface area contributed by atoms with Crippen LogP contribution >= 0.6 is 12.2 Å². The number of methoxy groups -OCH3 is 1. The molecule has 9 heteroatoms. The predicted octanol–water partition coefficient (Wildman–Crippen LogP) is -0.781. The Hall–Kier alpha value is -0.770. The van der Waals surface area contributed by atoms with Crippen LogP contribution in [0.15, 0.2) is 0 Å². The normalized spacial score (nSPS) is 19.5. The van der Waals surface area contributed by atoms with Gasteiger partial charge in [0.2, 0.25) is 10.0 Å². The van der Waals surface area contributed by atoms with Gasteiger partial charge in [-0.2, -0.15) is 0 Å². The van der Waals surface area contributed by atoms with Gasteiger partial charge in [-0.05, 0) is 19.9 Å². The van der Waals surface area contributed by atoms with Gasteiger partial charge in [-0.15, -0.1) is 0 Å². The summed E-state index contributed by atoms with van der Waals surface area (Å²) >= 11 is 5.03. The summed E-state index contributed by atoms with van der Waals surface area (Å²) in [4.78, 5) is 13.3. The van der Waals surface area contributed by atoms with Gasteiger partial charge in [-0.1, -0.05) is 12.2 Å². The number of nitrogens with two attached hydrogens (primary N) is 1. The Morgan fingerprint density at radius 3 is 2.45 bits per heavy atom. The molecule has 0 aromatic carbocycles. The Morgan fingerprint density at radius 1 is 1.45 bits per heavy atom. The van der Waals surface area contributed by atoms with Crippen LogP contribution in [0.2, 0.25) is 0 Å². The molecule has 1 saturated heterocycles. The molecular formula is C11H21N3O4S2. The molecule has 1 rings (SSSR count). The van der Waals surface area contributed by atoms with E-state index in [4.69, 9.17) is 18.0 Å². The number of hydrogen-bond donors (Lipinski definition) is 2. The molecule has 7 nitrogen and oxygen atoms in total. The van der Waals surface area contributed by atoms with Gasteiger partial charge in [-0.3, -0.25) is 4.79 Å². The number of piperidine rings is 1. The molecule has 1 aliphatic rings. The maximum atomic E-state index is 12.1. The highest BCUT2D eigenvalue weighted by atomic mass is 32.2. The molecule has 20 heavy (non-hydrogen) atoms. The zero-order valence-corrected chi connectivity index (χ0v) is 13.3. The first-order valence-corrected chi connectivity index (χ1v) is 8.34. The van der Waals surface area contributed by atoms with Crippen molar-refractivity contribution in [2.24, 2.45) is 5.73 Å². The van der Waals surface area contributed by atoms with Gasteiger partial charge in [0, 0.05) is 13.1 Å². The van der Waals surface area contributed by atoms with Crippen LogP contribution in [0.5, 0.6) is 0 Å². The number of nitrogens with zero attached hydrogens (tertiary/aromatic N) is 1. The van der Waals surface area contributed by atoms with Crippen molar-refractivity contribution >= 4 is 33.2 Å². The number of likely N-dealkylation sites (tertiary alicyclic amines) is 1. The molecule has 3 N–H and O–H groups in total. The Bertz CT molecular complexity index is 470. The standard InChI is InChI=1S/C11H21N3O4S2/c1-14-6-4-11(5-7-14,10(12)19)13-20(16,17)8-3-9(15)18-2/h13H,3-8H2,1-2H3,(H2,12,19). The van der Waals surface area contributed by atoms with Gasteiger partial charge in [0.25, 0.3) is 0 Å². The van der Waals surface area contributed by atoms with Crippen LogP contribution in [0, 0.1) is 0 Å². The van der Waals surface area contributed by atoms with E-state index in [2.05, 4.69) is 14.4 Å². The van der Waals surface area contributed by atoms with Crippen LogP contribution in [0.3, 0.4) is 0 Å². The SMILES string of the molecule is COC(=O)CCS(=O)(=O)NC1(C(N)=S)CCN(C)CC1. The second kappa shape index (κ2) is 6.79. The smallest absolute Gasteiger partial charge is 0.306 e. The minimum atomic E-state index is -3.64. The van der Waals surface area contributed by atoms with E-state index in [1.165, 1.54) is 7.11 Å². The Balaban J connectivity index is 2.75. The summed E-state index contributed by atoms with van der Waals surface area (Å²) in [6.45, 7) is 1.41. The number of esters is 1. The second-order valence-corrected chi connectivity index (χ2v) is 7.28. The second-order valence-electron chi connectivity index (χ2n) is 5.00. The third kappa shape index (κ3) is 4.65. The van der Waals surface area contributed by atoms with Gasteiger partial charge in [0.1, 0.15) is 0 Å². The summed E-state index contributed by atoms with van der Waals surface area (Å²) < 4.78 is 31.1. The molecule has 1 aliphatic heterocycles. The summed E-state index contributed by atoms with van der Waals surface area (Å²) in [5.41, 5.74) is 4.84. The predicted molar refractivity (Wildman–Crippen MR) is 79.8 cm³/mol. The van der Waals surface area contributed by atoms with E-state index in [0.717, 1.165) is 0 Å². The van der Waals surface area contributed by atoms with E-state index >= 15 is 0 Å². The molecular weight excluding hydrogens is 302 g/mol. The van der Waals surface area contributed by atoms with Crippen molar-refractivity contribution in [2.75, 3.05) is 33.0 Å². The third-order valence-electron chi connectivity index (χ3n) is 3.47. The maximum absolute atomic E-state index is 12.1. The lowest BCUT2D eigenvalue weighted by molar-refractivity contribution is -0.140. The van der Waals surface area contributed by atoms with Crippen molar-refractivity contribution in [3.05, 3.63) is 0 Å². The number of sulfonamides is 1. The highest BCUT2D eigenvalue weighted by Gasteiger charge is 2.39. The molecule has 1 fully saturated rings. The average molecular weight is 323 g/mol. The largest absolute Gasteiger partial charge is 0.469 e. The number of ether oxygens (including phenoxy) is 1. The first-order valence-electron chi connectivity index (χ1n) is 6.28. The number of carbonyl (C=O) groups is 1. The van der Waals surface area contributed by atoms with Gasteiger partial charge < -0.3 is 15.4 Å². The summed E-state index contributed by atoms with van der Waals surface area (Å²) in [5, 5.41) is 0. The van der Waals surface area contributed by atoms with Crippen molar-refractivity contribution in [1.82, 2.24) is 9.62 Å². The third-order valence-corrected chi connectivity index (χ3v) is 5.30. The fraction of sp³-hybridized carbons (Fsp3) is 0.818. The summed E-state index contributed by atoms with van der Waals surface area (Å²) in [5.74, 6) is -0.900. The molecule has 0 saturated carbocycles. The minimum Gasteiger partial charge on any atom is -0.469 e. The van der Waals surface area contributed by atoms with E-state index in [1.54, 1.807) is 0 Å². The monoisotopic (exact) mass is 323 g/mol. The summed E-state index contributed by atoms with van der Waals surface area (Å²) in [6, 6.07) is 0. The van der Waals surface area contributed by atoms with Crippen LogP contribution < -0.4 is 10.5 Å². The van der Waals surface area contributed by atoms with Gasteiger partial charge >= 0.3 is 5.97 Å². The van der Waals surface area contributed by atoms with Gasteiger partial charge in [0.05, 0.1) is 29.8 Å². The van der Waals surface area contributed by atoms with E-state index in [9.17, 15) is 13.2 Å². The van der Waals surface area contributed by atoms with Crippen molar-refractivity contribution < 1.29 is 17.9 Å². The summed E-state index contributed by atoms with van der Waals surface area (Å²) in [7, 11) is -0.472. The summed E-state index contributed by atoms with van der Waals surface area (Å²) in [6.07, 6.45) is 0.853. The quantitative estimate of drug-likeness (QED) is 0.488. The molecule has 0 atom stereocenters. The number of thiocarbonyl (C=S) groups is 1. The maximum Gasteiger partial charge on any atom is 0.306 e. The average Bonchev–Trinajstić information content (AvgIpc) is 2.38. The van der Waals surface area contributed by atoms with Crippen molar-refractivity contribution in [3.8, 4) is 0 Å². The lowest BCUT2D eigenvalue weighted by atomic mass is 9.89. The van der Waals surface area contributed by atoms with Crippen LogP contribution in [0.1, 0.15) is 19.3 Å². The topological polar surface area (TPSA) is 102 Å². The Morgan fingerprint density at radius 2 is 2.00 bits per heavy atom. The van der Waals surface area contributed by atoms with Crippen LogP contribution in [-0.4, -0.2) is 62.8 Å². The van der Waals surface area contributed by atoms with Crippen LogP contribution in [0.25, 0.3) is 0 Å². The zero-order chi connectivity index (χ0) is 15.4.